The van der Waals surface area contributed by atoms with Crippen molar-refractivity contribution >= 4 is 11.2 Å². The molecule has 0 unspecified atom stereocenters. The fourth-order valence-electron chi connectivity index (χ4n) is 2.62. The van der Waals surface area contributed by atoms with Gasteiger partial charge >= 0.3 is 0 Å². The van der Waals surface area contributed by atoms with E-state index in [9.17, 15) is 8.78 Å². The van der Waals surface area contributed by atoms with Crippen LogP contribution in [0.3, 0.4) is 0 Å². The van der Waals surface area contributed by atoms with Gasteiger partial charge in [-0.3, -0.25) is 0 Å². The van der Waals surface area contributed by atoms with Crippen molar-refractivity contribution in [3.05, 3.63) is 78.0 Å². The molecule has 0 saturated heterocycles. The van der Waals surface area contributed by atoms with Crippen molar-refractivity contribution in [3.8, 4) is 28.6 Å². The molecule has 0 N–H and O–H groups in total. The molecule has 0 aliphatic carbocycles. The highest BCUT2D eigenvalue weighted by molar-refractivity contribution is 5.84. The summed E-state index contributed by atoms with van der Waals surface area (Å²) in [5.41, 5.74) is 3.37. The lowest BCUT2D eigenvalue weighted by Crippen LogP contribution is -1.98. The fourth-order valence-corrected chi connectivity index (χ4v) is 2.62. The molecule has 0 fully saturated rings. The highest BCUT2D eigenvalue weighted by atomic mass is 19.1. The highest BCUT2D eigenvalue weighted by Gasteiger charge is 2.14. The third-order valence-corrected chi connectivity index (χ3v) is 3.88. The first-order valence-electron chi connectivity index (χ1n) is 7.75. The van der Waals surface area contributed by atoms with Crippen molar-refractivity contribution in [2.45, 2.75) is 0 Å². The van der Waals surface area contributed by atoms with Crippen molar-refractivity contribution in [2.24, 2.45) is 0 Å². The Hall–Kier alpha value is -3.72. The van der Waals surface area contributed by atoms with E-state index in [2.05, 4.69) is 15.0 Å². The molecule has 2 aromatic heterocycles. The van der Waals surface area contributed by atoms with Gasteiger partial charge in [0.1, 0.15) is 28.9 Å². The van der Waals surface area contributed by atoms with Crippen LogP contribution in [-0.2, 0) is 0 Å². The number of nitriles is 1. The molecular weight excluding hydrogens is 334 g/mol. The van der Waals surface area contributed by atoms with Crippen LogP contribution >= 0.6 is 0 Å². The van der Waals surface area contributed by atoms with Crippen LogP contribution in [0.2, 0.25) is 0 Å². The van der Waals surface area contributed by atoms with E-state index in [1.54, 1.807) is 36.4 Å². The second-order valence-corrected chi connectivity index (χ2v) is 5.59. The number of rotatable bonds is 2. The molecule has 4 aromatic rings. The minimum Gasteiger partial charge on any atom is -0.242 e. The maximum atomic E-state index is 13.3. The predicted octanol–water partition coefficient (Wildman–Crippen LogP) is 4.51. The summed E-state index contributed by atoms with van der Waals surface area (Å²) >= 11 is 0. The number of hydrogen-bond donors (Lipinski definition) is 0. The Labute approximate surface area is 147 Å². The molecule has 26 heavy (non-hydrogen) atoms. The van der Waals surface area contributed by atoms with E-state index in [1.165, 1.54) is 24.3 Å². The van der Waals surface area contributed by atoms with E-state index in [0.29, 0.717) is 33.7 Å². The summed E-state index contributed by atoms with van der Waals surface area (Å²) in [6.45, 7) is 0. The largest absolute Gasteiger partial charge is 0.242 e. The lowest BCUT2D eigenvalue weighted by molar-refractivity contribution is 0.627. The highest BCUT2D eigenvalue weighted by Crippen LogP contribution is 2.30. The van der Waals surface area contributed by atoms with Gasteiger partial charge in [-0.25, -0.2) is 23.7 Å². The van der Waals surface area contributed by atoms with Gasteiger partial charge in [-0.1, -0.05) is 0 Å². The maximum Gasteiger partial charge on any atom is 0.180 e. The minimum absolute atomic E-state index is 0.228. The van der Waals surface area contributed by atoms with Crippen LogP contribution in [0.5, 0.6) is 0 Å². The van der Waals surface area contributed by atoms with Gasteiger partial charge in [0.2, 0.25) is 0 Å². The quantitative estimate of drug-likeness (QED) is 0.537. The van der Waals surface area contributed by atoms with Crippen LogP contribution in [0, 0.1) is 23.0 Å². The molecule has 0 aliphatic heterocycles. The third-order valence-electron chi connectivity index (χ3n) is 3.88. The average Bonchev–Trinajstić information content (AvgIpc) is 2.68. The standard InChI is InChI=1S/C20H10F2N4/c21-14-5-1-12(2-6-14)18-19(13-3-7-15(22)8-4-13)26-20-17(25-18)10-9-16(11-23)24-20/h1-10H. The molecule has 2 aromatic carbocycles. The second kappa shape index (κ2) is 6.30. The van der Waals surface area contributed by atoms with E-state index >= 15 is 0 Å². The Bertz CT molecular complexity index is 1150. The molecule has 0 radical (unpaired) electrons. The number of halogens is 2. The molecule has 6 heteroatoms. The van der Waals surface area contributed by atoms with Crippen molar-refractivity contribution in [3.63, 3.8) is 0 Å². The van der Waals surface area contributed by atoms with Gasteiger partial charge in [-0.05, 0) is 60.7 Å². The molecule has 2 heterocycles. The number of pyridine rings is 1. The molecule has 0 saturated carbocycles. The van der Waals surface area contributed by atoms with Gasteiger partial charge in [0, 0.05) is 11.1 Å². The number of benzene rings is 2. The van der Waals surface area contributed by atoms with Gasteiger partial charge in [-0.15, -0.1) is 0 Å². The van der Waals surface area contributed by atoms with Crippen molar-refractivity contribution < 1.29 is 8.78 Å². The molecule has 4 rings (SSSR count). The van der Waals surface area contributed by atoms with Crippen LogP contribution < -0.4 is 0 Å². The summed E-state index contributed by atoms with van der Waals surface area (Å²) in [5.74, 6) is -0.720. The van der Waals surface area contributed by atoms with Crippen LogP contribution in [-0.4, -0.2) is 15.0 Å². The molecule has 0 aliphatic rings. The smallest absolute Gasteiger partial charge is 0.180 e. The molecule has 124 valence electrons. The zero-order valence-corrected chi connectivity index (χ0v) is 13.3. The van der Waals surface area contributed by atoms with Gasteiger partial charge in [0.25, 0.3) is 0 Å². The molecule has 4 nitrogen and oxygen atoms in total. The Kier molecular flexibility index (Phi) is 3.82. The molecule has 0 atom stereocenters. The van der Waals surface area contributed by atoms with Crippen molar-refractivity contribution in [1.82, 2.24) is 15.0 Å². The SMILES string of the molecule is N#Cc1ccc2nc(-c3ccc(F)cc3)c(-c3ccc(F)cc3)nc2n1. The first-order valence-corrected chi connectivity index (χ1v) is 7.75. The Morgan fingerprint density at radius 1 is 0.654 bits per heavy atom. The summed E-state index contributed by atoms with van der Waals surface area (Å²) in [6, 6.07) is 16.9. The lowest BCUT2D eigenvalue weighted by Gasteiger charge is -2.10. The van der Waals surface area contributed by atoms with Gasteiger partial charge in [0.05, 0.1) is 11.4 Å². The van der Waals surface area contributed by atoms with Crippen LogP contribution in [0.4, 0.5) is 8.78 Å². The zero-order valence-electron chi connectivity index (χ0n) is 13.3. The zero-order chi connectivity index (χ0) is 18.1. The topological polar surface area (TPSA) is 62.5 Å². The van der Waals surface area contributed by atoms with Crippen molar-refractivity contribution in [2.75, 3.05) is 0 Å². The lowest BCUT2D eigenvalue weighted by atomic mass is 10.0. The fraction of sp³-hybridized carbons (Fsp3) is 0. The number of hydrogen-bond acceptors (Lipinski definition) is 4. The summed E-state index contributed by atoms with van der Waals surface area (Å²) in [5, 5.41) is 9.03. The van der Waals surface area contributed by atoms with E-state index < -0.39 is 0 Å². The summed E-state index contributed by atoms with van der Waals surface area (Å²) in [4.78, 5) is 13.3. The van der Waals surface area contributed by atoms with E-state index in [-0.39, 0.29) is 17.3 Å². The molecule has 0 amide bonds. The van der Waals surface area contributed by atoms with E-state index in [1.807, 2.05) is 6.07 Å². The maximum absolute atomic E-state index is 13.3. The molecule has 0 bridgehead atoms. The summed E-state index contributed by atoms with van der Waals surface area (Å²) < 4.78 is 26.6. The second-order valence-electron chi connectivity index (χ2n) is 5.59. The van der Waals surface area contributed by atoms with Gasteiger partial charge in [0.15, 0.2) is 5.65 Å². The number of fused-ring (bicyclic) bond motifs is 1. The third kappa shape index (κ3) is 2.87. The average molecular weight is 344 g/mol. The Morgan fingerprint density at radius 2 is 1.19 bits per heavy atom. The summed E-state index contributed by atoms with van der Waals surface area (Å²) in [7, 11) is 0. The number of nitrogens with zero attached hydrogens (tertiary/aromatic N) is 4. The Morgan fingerprint density at radius 3 is 1.73 bits per heavy atom. The molecular formula is C20H10F2N4. The van der Waals surface area contributed by atoms with E-state index in [4.69, 9.17) is 5.26 Å². The first kappa shape index (κ1) is 15.8. The van der Waals surface area contributed by atoms with E-state index in [0.717, 1.165) is 0 Å². The van der Waals surface area contributed by atoms with Gasteiger partial charge in [-0.2, -0.15) is 5.26 Å². The number of aromatic nitrogens is 3. The van der Waals surface area contributed by atoms with Crippen LogP contribution in [0.25, 0.3) is 33.7 Å². The van der Waals surface area contributed by atoms with Crippen molar-refractivity contribution in [1.29, 1.82) is 5.26 Å². The normalized spacial score (nSPS) is 10.7. The monoisotopic (exact) mass is 344 g/mol. The van der Waals surface area contributed by atoms with Crippen LogP contribution in [0.15, 0.2) is 60.7 Å². The van der Waals surface area contributed by atoms with Gasteiger partial charge < -0.3 is 0 Å². The Balaban J connectivity index is 2.01. The summed E-state index contributed by atoms with van der Waals surface area (Å²) in [6.07, 6.45) is 0. The first-order chi connectivity index (χ1) is 12.6. The minimum atomic E-state index is -0.365. The van der Waals surface area contributed by atoms with Crippen LogP contribution in [0.1, 0.15) is 5.69 Å². The predicted molar refractivity (Wildman–Crippen MR) is 92.8 cm³/mol. The molecule has 0 spiro atoms.